The fourth-order valence-corrected chi connectivity index (χ4v) is 1.19. The Hall–Kier alpha value is -0.770. The molecule has 1 aliphatic rings. The average molecular weight is 145 g/mol. The van der Waals surface area contributed by atoms with Crippen molar-refractivity contribution in [2.24, 2.45) is 0 Å². The van der Waals surface area contributed by atoms with Gasteiger partial charge in [0.25, 0.3) is 0 Å². The normalized spacial score (nSPS) is 32.8. The molecule has 1 rings (SSSR count). The van der Waals surface area contributed by atoms with Crippen molar-refractivity contribution in [1.29, 1.82) is 0 Å². The number of aliphatic hydroxyl groups excluding tert-OH is 1. The van der Waals surface area contributed by atoms with E-state index in [0.717, 1.165) is 0 Å². The van der Waals surface area contributed by atoms with E-state index in [-0.39, 0.29) is 6.04 Å². The van der Waals surface area contributed by atoms with Crippen molar-refractivity contribution in [3.05, 3.63) is 0 Å². The van der Waals surface area contributed by atoms with E-state index < -0.39 is 12.2 Å². The number of hydrogen-bond acceptors (Lipinski definition) is 2. The molecule has 1 saturated heterocycles. The lowest BCUT2D eigenvalue weighted by Gasteiger charge is -2.18. The zero-order chi connectivity index (χ0) is 7.72. The van der Waals surface area contributed by atoms with Gasteiger partial charge in [-0.05, 0) is 13.3 Å². The number of hydrogen-bond donors (Lipinski definition) is 2. The molecule has 4 heteroatoms. The van der Waals surface area contributed by atoms with Gasteiger partial charge >= 0.3 is 6.09 Å². The third kappa shape index (κ3) is 1.07. The van der Waals surface area contributed by atoms with Gasteiger partial charge in [-0.1, -0.05) is 0 Å². The number of rotatable bonds is 0. The molecule has 1 aliphatic heterocycles. The predicted molar refractivity (Wildman–Crippen MR) is 34.8 cm³/mol. The topological polar surface area (TPSA) is 60.8 Å². The molecule has 1 heterocycles. The Balaban J connectivity index is 2.57. The van der Waals surface area contributed by atoms with Gasteiger partial charge in [-0.15, -0.1) is 0 Å². The summed E-state index contributed by atoms with van der Waals surface area (Å²) in [5, 5.41) is 17.6. The number of likely N-dealkylation sites (tertiary alicyclic amines) is 1. The second kappa shape index (κ2) is 2.46. The first-order valence-electron chi connectivity index (χ1n) is 3.30. The summed E-state index contributed by atoms with van der Waals surface area (Å²) in [5.74, 6) is 0. The quantitative estimate of drug-likeness (QED) is 0.509. The highest BCUT2D eigenvalue weighted by Crippen LogP contribution is 2.16. The van der Waals surface area contributed by atoms with Crippen LogP contribution in [-0.2, 0) is 0 Å². The fourth-order valence-electron chi connectivity index (χ4n) is 1.19. The summed E-state index contributed by atoms with van der Waals surface area (Å²) >= 11 is 0. The van der Waals surface area contributed by atoms with Crippen LogP contribution in [0.15, 0.2) is 0 Å². The molecule has 1 fully saturated rings. The standard InChI is InChI=1S/C6H11NO3/c1-4-5(8)2-3-7(4)6(9)10/h4-5,8H,2-3H2,1H3,(H,9,10)/t4-,5+/m1/s1. The van der Waals surface area contributed by atoms with E-state index >= 15 is 0 Å². The van der Waals surface area contributed by atoms with Crippen molar-refractivity contribution in [1.82, 2.24) is 4.90 Å². The largest absolute Gasteiger partial charge is 0.465 e. The Kier molecular flexibility index (Phi) is 1.80. The maximum atomic E-state index is 10.4. The molecular formula is C6H11NO3. The van der Waals surface area contributed by atoms with Crippen LogP contribution in [0.1, 0.15) is 13.3 Å². The first-order chi connectivity index (χ1) is 4.63. The lowest BCUT2D eigenvalue weighted by molar-refractivity contribution is 0.108. The smallest absolute Gasteiger partial charge is 0.407 e. The lowest BCUT2D eigenvalue weighted by atomic mass is 10.2. The van der Waals surface area contributed by atoms with Crippen LogP contribution in [0.2, 0.25) is 0 Å². The van der Waals surface area contributed by atoms with Crippen molar-refractivity contribution < 1.29 is 15.0 Å². The molecule has 0 saturated carbocycles. The Labute approximate surface area is 59.1 Å². The maximum Gasteiger partial charge on any atom is 0.407 e. The Morgan fingerprint density at radius 3 is 2.50 bits per heavy atom. The molecule has 0 spiro atoms. The van der Waals surface area contributed by atoms with Crippen molar-refractivity contribution in [2.45, 2.75) is 25.5 Å². The number of amides is 1. The van der Waals surface area contributed by atoms with Crippen LogP contribution in [0.5, 0.6) is 0 Å². The van der Waals surface area contributed by atoms with E-state index in [4.69, 9.17) is 10.2 Å². The van der Waals surface area contributed by atoms with Gasteiger partial charge in [-0.25, -0.2) is 4.79 Å². The molecule has 0 bridgehead atoms. The van der Waals surface area contributed by atoms with Crippen molar-refractivity contribution in [3.63, 3.8) is 0 Å². The highest BCUT2D eigenvalue weighted by atomic mass is 16.4. The van der Waals surface area contributed by atoms with Crippen molar-refractivity contribution >= 4 is 6.09 Å². The molecule has 0 radical (unpaired) electrons. The minimum atomic E-state index is -0.941. The number of aliphatic hydroxyl groups is 1. The van der Waals surface area contributed by atoms with E-state index in [9.17, 15) is 4.79 Å². The Morgan fingerprint density at radius 2 is 2.30 bits per heavy atom. The van der Waals surface area contributed by atoms with Crippen LogP contribution in [0, 0.1) is 0 Å². The first-order valence-corrected chi connectivity index (χ1v) is 3.30. The molecule has 2 atom stereocenters. The first kappa shape index (κ1) is 7.34. The molecule has 0 aromatic heterocycles. The fraction of sp³-hybridized carbons (Fsp3) is 0.833. The summed E-state index contributed by atoms with van der Waals surface area (Å²) in [4.78, 5) is 11.6. The summed E-state index contributed by atoms with van der Waals surface area (Å²) in [6.45, 7) is 2.17. The van der Waals surface area contributed by atoms with Gasteiger partial charge in [0.2, 0.25) is 0 Å². The second-order valence-electron chi connectivity index (χ2n) is 2.57. The van der Waals surface area contributed by atoms with Gasteiger partial charge < -0.3 is 15.1 Å². The predicted octanol–water partition coefficient (Wildman–Crippen LogP) is 0.120. The number of carboxylic acid groups (broad SMARTS) is 1. The number of nitrogens with zero attached hydrogens (tertiary/aromatic N) is 1. The lowest BCUT2D eigenvalue weighted by Crippen LogP contribution is -2.36. The van der Waals surface area contributed by atoms with Gasteiger partial charge in [0.05, 0.1) is 12.1 Å². The second-order valence-corrected chi connectivity index (χ2v) is 2.57. The molecule has 10 heavy (non-hydrogen) atoms. The summed E-state index contributed by atoms with van der Waals surface area (Å²) in [7, 11) is 0. The van der Waals surface area contributed by atoms with Crippen LogP contribution >= 0.6 is 0 Å². The minimum Gasteiger partial charge on any atom is -0.465 e. The van der Waals surface area contributed by atoms with Crippen molar-refractivity contribution in [3.8, 4) is 0 Å². The molecule has 4 nitrogen and oxygen atoms in total. The molecule has 0 aromatic rings. The maximum absolute atomic E-state index is 10.4. The summed E-state index contributed by atoms with van der Waals surface area (Å²) in [6.07, 6.45) is -0.854. The van der Waals surface area contributed by atoms with Gasteiger partial charge in [-0.3, -0.25) is 0 Å². The van der Waals surface area contributed by atoms with E-state index in [1.54, 1.807) is 6.92 Å². The van der Waals surface area contributed by atoms with E-state index in [0.29, 0.717) is 13.0 Å². The van der Waals surface area contributed by atoms with E-state index in [1.807, 2.05) is 0 Å². The molecule has 2 N–H and O–H groups in total. The van der Waals surface area contributed by atoms with Crippen LogP contribution < -0.4 is 0 Å². The summed E-state index contributed by atoms with van der Waals surface area (Å²) in [5.41, 5.74) is 0. The van der Waals surface area contributed by atoms with Crippen LogP contribution in [0.4, 0.5) is 4.79 Å². The zero-order valence-corrected chi connectivity index (χ0v) is 5.82. The molecule has 0 aromatic carbocycles. The van der Waals surface area contributed by atoms with E-state index in [1.165, 1.54) is 4.90 Å². The number of carbonyl (C=O) groups is 1. The summed E-state index contributed by atoms with van der Waals surface area (Å²) in [6, 6.07) is -0.238. The third-order valence-electron chi connectivity index (χ3n) is 1.96. The van der Waals surface area contributed by atoms with Gasteiger partial charge in [0.1, 0.15) is 0 Å². The molecule has 0 unspecified atom stereocenters. The molecule has 1 amide bonds. The van der Waals surface area contributed by atoms with Gasteiger partial charge in [0.15, 0.2) is 0 Å². The molecule has 0 aliphatic carbocycles. The highest BCUT2D eigenvalue weighted by Gasteiger charge is 2.31. The zero-order valence-electron chi connectivity index (χ0n) is 5.82. The van der Waals surface area contributed by atoms with Gasteiger partial charge in [-0.2, -0.15) is 0 Å². The van der Waals surface area contributed by atoms with Crippen molar-refractivity contribution in [2.75, 3.05) is 6.54 Å². The summed E-state index contributed by atoms with van der Waals surface area (Å²) < 4.78 is 0. The van der Waals surface area contributed by atoms with E-state index in [2.05, 4.69) is 0 Å². The Bertz CT molecular complexity index is 148. The highest BCUT2D eigenvalue weighted by molar-refractivity contribution is 5.65. The minimum absolute atomic E-state index is 0.238. The monoisotopic (exact) mass is 145 g/mol. The van der Waals surface area contributed by atoms with Gasteiger partial charge in [0, 0.05) is 6.54 Å². The molecule has 58 valence electrons. The average Bonchev–Trinajstić information content (AvgIpc) is 2.14. The molecular weight excluding hydrogens is 134 g/mol. The van der Waals surface area contributed by atoms with Crippen LogP contribution in [0.25, 0.3) is 0 Å². The van der Waals surface area contributed by atoms with Crippen LogP contribution in [-0.4, -0.2) is 39.9 Å². The third-order valence-corrected chi connectivity index (χ3v) is 1.96. The van der Waals surface area contributed by atoms with Crippen LogP contribution in [0.3, 0.4) is 0 Å². The SMILES string of the molecule is C[C@@H]1[C@@H](O)CCN1C(=O)O. The Morgan fingerprint density at radius 1 is 1.70 bits per heavy atom.